The van der Waals surface area contributed by atoms with Crippen LogP contribution in [-0.4, -0.2) is 28.5 Å². The maximum Gasteiger partial charge on any atom is 0.322 e. The Labute approximate surface area is 221 Å². The third-order valence-corrected chi connectivity index (χ3v) is 6.65. The minimum absolute atomic E-state index is 0.0401. The van der Waals surface area contributed by atoms with Gasteiger partial charge in [0.15, 0.2) is 0 Å². The van der Waals surface area contributed by atoms with Gasteiger partial charge in [0.1, 0.15) is 12.6 Å². The van der Waals surface area contributed by atoms with Crippen molar-refractivity contribution in [2.75, 3.05) is 6.54 Å². The largest absolute Gasteiger partial charge is 0.480 e. The zero-order valence-electron chi connectivity index (χ0n) is 21.3. The van der Waals surface area contributed by atoms with Crippen LogP contribution >= 0.6 is 0 Å². The van der Waals surface area contributed by atoms with E-state index in [0.29, 0.717) is 12.0 Å². The predicted octanol–water partition coefficient (Wildman–Crippen LogP) is 6.21. The Hall–Kier alpha value is -4.65. The van der Waals surface area contributed by atoms with Gasteiger partial charge in [0.25, 0.3) is 5.91 Å². The van der Waals surface area contributed by atoms with E-state index in [9.17, 15) is 14.5 Å². The van der Waals surface area contributed by atoms with Gasteiger partial charge in [0.05, 0.1) is 0 Å². The molecule has 0 aliphatic heterocycles. The zero-order chi connectivity index (χ0) is 27.1. The van der Waals surface area contributed by atoms with Crippen molar-refractivity contribution in [2.45, 2.75) is 32.2 Å². The average Bonchev–Trinajstić information content (AvgIpc) is 2.93. The third kappa shape index (κ3) is 6.37. The number of carbonyl (C=O) groups excluding carboxylic acids is 1. The molecule has 0 radical (unpaired) electrons. The van der Waals surface area contributed by atoms with Crippen molar-refractivity contribution in [1.82, 2.24) is 10.3 Å². The summed E-state index contributed by atoms with van der Waals surface area (Å²) in [6.45, 7) is 3.55. The molecule has 1 amide bonds. The molecule has 0 aliphatic rings. The van der Waals surface area contributed by atoms with Gasteiger partial charge < -0.3 is 10.4 Å². The number of nitroso groups, excluding NO2 is 1. The first-order valence-electron chi connectivity index (χ1n) is 12.4. The molecular weight excluding hydrogens is 478 g/mol. The number of amides is 1. The number of carbonyl (C=O) groups is 2. The van der Waals surface area contributed by atoms with E-state index in [-0.39, 0.29) is 5.92 Å². The van der Waals surface area contributed by atoms with Gasteiger partial charge in [-0.1, -0.05) is 65.8 Å². The standard InChI is InChI=1S/C31H29N3O4/c1-20-5-3-4-6-27(20)28(18-29(34-38)26-15-16-32-21(2)17-26)24-11-7-22(8-12-24)23-9-13-25(14-10-23)31(37)33-19-30(35)36/h3-17,28-29H,18-19H2,1-2H3,(H,33,37)(H,35,36)/t28-,29?/m1/s1. The number of carboxylic acids is 1. The lowest BCUT2D eigenvalue weighted by Gasteiger charge is -2.23. The molecule has 7 nitrogen and oxygen atoms in total. The normalized spacial score (nSPS) is 12.4. The van der Waals surface area contributed by atoms with Gasteiger partial charge in [-0.3, -0.25) is 14.6 Å². The minimum atomic E-state index is -1.09. The van der Waals surface area contributed by atoms with Crippen LogP contribution in [0.5, 0.6) is 0 Å². The smallest absolute Gasteiger partial charge is 0.322 e. The summed E-state index contributed by atoms with van der Waals surface area (Å²) in [5, 5.41) is 14.6. The van der Waals surface area contributed by atoms with E-state index in [4.69, 9.17) is 5.11 Å². The van der Waals surface area contributed by atoms with Crippen molar-refractivity contribution in [3.8, 4) is 11.1 Å². The Morgan fingerprint density at radius 3 is 2.16 bits per heavy atom. The number of pyridine rings is 1. The molecule has 2 atom stereocenters. The predicted molar refractivity (Wildman–Crippen MR) is 147 cm³/mol. The summed E-state index contributed by atoms with van der Waals surface area (Å²) in [4.78, 5) is 39.0. The van der Waals surface area contributed by atoms with Crippen molar-refractivity contribution in [2.24, 2.45) is 5.18 Å². The molecule has 0 bridgehead atoms. The van der Waals surface area contributed by atoms with Crippen molar-refractivity contribution >= 4 is 11.9 Å². The average molecular weight is 508 g/mol. The highest BCUT2D eigenvalue weighted by Gasteiger charge is 2.23. The molecule has 0 saturated heterocycles. The number of carboxylic acid groups (broad SMARTS) is 1. The number of aryl methyl sites for hydroxylation is 2. The van der Waals surface area contributed by atoms with Crippen molar-refractivity contribution < 1.29 is 14.7 Å². The zero-order valence-corrected chi connectivity index (χ0v) is 21.3. The number of rotatable bonds is 10. The lowest BCUT2D eigenvalue weighted by molar-refractivity contribution is -0.135. The van der Waals surface area contributed by atoms with E-state index in [1.165, 1.54) is 0 Å². The van der Waals surface area contributed by atoms with E-state index in [1.54, 1.807) is 18.3 Å². The highest BCUT2D eigenvalue weighted by atomic mass is 16.4. The Bertz CT molecular complexity index is 1430. The number of benzene rings is 3. The van der Waals surface area contributed by atoms with Crippen LogP contribution in [-0.2, 0) is 4.79 Å². The maximum atomic E-state index is 12.1. The summed E-state index contributed by atoms with van der Waals surface area (Å²) < 4.78 is 0. The first kappa shape index (κ1) is 26.4. The lowest BCUT2D eigenvalue weighted by Crippen LogP contribution is -2.29. The molecule has 0 fully saturated rings. The second-order valence-electron chi connectivity index (χ2n) is 9.27. The molecular formula is C31H29N3O4. The Kier molecular flexibility index (Phi) is 8.38. The Morgan fingerprint density at radius 2 is 1.55 bits per heavy atom. The number of aliphatic carboxylic acids is 1. The summed E-state index contributed by atoms with van der Waals surface area (Å²) in [5.41, 5.74) is 7.37. The summed E-state index contributed by atoms with van der Waals surface area (Å²) in [6.07, 6.45) is 2.23. The van der Waals surface area contributed by atoms with Gasteiger partial charge in [-0.05, 0) is 77.9 Å². The quantitative estimate of drug-likeness (QED) is 0.248. The Morgan fingerprint density at radius 1 is 0.895 bits per heavy atom. The molecule has 2 N–H and O–H groups in total. The number of aromatic nitrogens is 1. The first-order chi connectivity index (χ1) is 18.4. The summed E-state index contributed by atoms with van der Waals surface area (Å²) in [6, 6.07) is 26.7. The van der Waals surface area contributed by atoms with Crippen LogP contribution < -0.4 is 5.32 Å². The van der Waals surface area contributed by atoms with Crippen molar-refractivity contribution in [1.29, 1.82) is 0 Å². The fourth-order valence-corrected chi connectivity index (χ4v) is 4.64. The molecule has 4 rings (SSSR count). The van der Waals surface area contributed by atoms with Crippen LogP contribution in [0.1, 0.15) is 56.7 Å². The van der Waals surface area contributed by atoms with Crippen LogP contribution in [0.15, 0.2) is 96.3 Å². The second-order valence-corrected chi connectivity index (χ2v) is 9.27. The highest BCUT2D eigenvalue weighted by Crippen LogP contribution is 2.37. The van der Waals surface area contributed by atoms with Gasteiger partial charge in [-0.15, -0.1) is 0 Å². The number of nitrogens with one attached hydrogen (secondary N) is 1. The highest BCUT2D eigenvalue weighted by molar-refractivity contribution is 5.96. The summed E-state index contributed by atoms with van der Waals surface area (Å²) >= 11 is 0. The number of hydrogen-bond donors (Lipinski definition) is 2. The molecule has 7 heteroatoms. The van der Waals surface area contributed by atoms with E-state index in [1.807, 2.05) is 55.5 Å². The van der Waals surface area contributed by atoms with Crippen molar-refractivity contribution in [3.63, 3.8) is 0 Å². The van der Waals surface area contributed by atoms with Gasteiger partial charge in [0, 0.05) is 23.4 Å². The van der Waals surface area contributed by atoms with Gasteiger partial charge in [-0.2, -0.15) is 4.91 Å². The molecule has 192 valence electrons. The van der Waals surface area contributed by atoms with Crippen molar-refractivity contribution in [3.05, 3.63) is 130 Å². The molecule has 1 heterocycles. The number of nitrogens with zero attached hydrogens (tertiary/aromatic N) is 2. The fraction of sp³-hybridized carbons (Fsp3) is 0.194. The van der Waals surface area contributed by atoms with E-state index in [0.717, 1.165) is 39.1 Å². The molecule has 1 unspecified atom stereocenters. The first-order valence-corrected chi connectivity index (χ1v) is 12.4. The monoisotopic (exact) mass is 507 g/mol. The van der Waals surface area contributed by atoms with Gasteiger partial charge >= 0.3 is 5.97 Å². The Balaban J connectivity index is 1.60. The molecule has 1 aromatic heterocycles. The summed E-state index contributed by atoms with van der Waals surface area (Å²) in [7, 11) is 0. The molecule has 0 aliphatic carbocycles. The van der Waals surface area contributed by atoms with Crippen LogP contribution in [0.4, 0.5) is 0 Å². The second kappa shape index (κ2) is 12.1. The molecule has 38 heavy (non-hydrogen) atoms. The third-order valence-electron chi connectivity index (χ3n) is 6.65. The summed E-state index contributed by atoms with van der Waals surface area (Å²) in [5.74, 6) is -1.56. The van der Waals surface area contributed by atoms with Crippen LogP contribution in [0.3, 0.4) is 0 Å². The molecule has 3 aromatic carbocycles. The molecule has 4 aromatic rings. The minimum Gasteiger partial charge on any atom is -0.480 e. The van der Waals surface area contributed by atoms with Gasteiger partial charge in [0.2, 0.25) is 0 Å². The topological polar surface area (TPSA) is 109 Å². The van der Waals surface area contributed by atoms with E-state index >= 15 is 0 Å². The van der Waals surface area contributed by atoms with E-state index in [2.05, 4.69) is 46.7 Å². The molecule has 0 spiro atoms. The molecule has 0 saturated carbocycles. The lowest BCUT2D eigenvalue weighted by atomic mass is 9.82. The van der Waals surface area contributed by atoms with Crippen LogP contribution in [0.2, 0.25) is 0 Å². The van der Waals surface area contributed by atoms with Gasteiger partial charge in [-0.25, -0.2) is 0 Å². The number of hydrogen-bond acceptors (Lipinski definition) is 5. The fourth-order valence-electron chi connectivity index (χ4n) is 4.64. The SMILES string of the molecule is Cc1cc(C(C[C@H](c2ccc(-c3ccc(C(=O)NCC(=O)O)cc3)cc2)c2ccccc2C)N=O)ccn1. The maximum absolute atomic E-state index is 12.1. The van der Waals surface area contributed by atoms with Crippen LogP contribution in [0.25, 0.3) is 11.1 Å². The van der Waals surface area contributed by atoms with E-state index < -0.39 is 24.5 Å². The van der Waals surface area contributed by atoms with Crippen LogP contribution in [0, 0.1) is 18.8 Å².